The molecule has 1 saturated heterocycles. The molecule has 3 aliphatic rings. The lowest BCUT2D eigenvalue weighted by Crippen LogP contribution is -2.41. The summed E-state index contributed by atoms with van der Waals surface area (Å²) in [7, 11) is 0. The van der Waals surface area contributed by atoms with Crippen LogP contribution in [0.2, 0.25) is 0 Å². The molecule has 2 aromatic heterocycles. The van der Waals surface area contributed by atoms with Crippen LogP contribution in [0.4, 0.5) is 10.2 Å². The van der Waals surface area contributed by atoms with E-state index in [1.807, 2.05) is 12.3 Å². The fourth-order valence-electron chi connectivity index (χ4n) is 4.60. The summed E-state index contributed by atoms with van der Waals surface area (Å²) in [6.45, 7) is 1.17. The summed E-state index contributed by atoms with van der Waals surface area (Å²) in [6.07, 6.45) is 8.07. The molecule has 1 aliphatic carbocycles. The Morgan fingerprint density at radius 1 is 1.23 bits per heavy atom. The minimum absolute atomic E-state index is 0.0367. The van der Waals surface area contributed by atoms with E-state index in [9.17, 15) is 9.18 Å². The second-order valence-electron chi connectivity index (χ2n) is 8.52. The third-order valence-electron chi connectivity index (χ3n) is 6.46. The predicted molar refractivity (Wildman–Crippen MR) is 108 cm³/mol. The van der Waals surface area contributed by atoms with Crippen molar-refractivity contribution < 1.29 is 13.9 Å². The third kappa shape index (κ3) is 2.81. The van der Waals surface area contributed by atoms with E-state index in [1.165, 1.54) is 6.07 Å². The van der Waals surface area contributed by atoms with Crippen LogP contribution in [0.25, 0.3) is 5.65 Å². The first-order valence-electron chi connectivity index (χ1n) is 10.5. The number of anilines is 1. The number of ether oxygens (including phenoxy) is 1. The van der Waals surface area contributed by atoms with Crippen molar-refractivity contribution in [3.8, 4) is 5.75 Å². The highest BCUT2D eigenvalue weighted by atomic mass is 19.1. The Hall–Kier alpha value is -3.16. The fraction of sp³-hybridized carbons (Fsp3) is 0.409. The lowest BCUT2D eigenvalue weighted by atomic mass is 9.94. The molecule has 2 aliphatic heterocycles. The van der Waals surface area contributed by atoms with Crippen LogP contribution >= 0.6 is 0 Å². The Bertz CT molecular complexity index is 1160. The molecule has 30 heavy (non-hydrogen) atoms. The van der Waals surface area contributed by atoms with Gasteiger partial charge in [0.05, 0.1) is 17.8 Å². The molecule has 3 aromatic rings. The maximum Gasteiger partial charge on any atom is 0.257 e. The number of amides is 1. The Morgan fingerprint density at radius 2 is 2.13 bits per heavy atom. The van der Waals surface area contributed by atoms with Crippen molar-refractivity contribution in [3.05, 3.63) is 53.6 Å². The summed E-state index contributed by atoms with van der Waals surface area (Å²) in [6, 6.07) is 6.59. The zero-order valence-electron chi connectivity index (χ0n) is 16.5. The number of carbonyl (C=O) groups excluding carboxylic acids is 1. The van der Waals surface area contributed by atoms with Gasteiger partial charge in [0.1, 0.15) is 29.6 Å². The van der Waals surface area contributed by atoms with Gasteiger partial charge in [-0.25, -0.2) is 13.9 Å². The molecule has 0 radical (unpaired) electrons. The summed E-state index contributed by atoms with van der Waals surface area (Å²) < 4.78 is 22.1. The standard InChI is InChI=1S/C22H22FN5O2/c23-14-4-5-18-15(11-14)17-3-1-2-9-27(17)19-6-10-28-20(25-19)16(12-24-28)21(29)26-22(7-8-22)13-30-18/h4-6,10-12,17H,1-3,7-9,13H2,(H,26,29)/t17-/m1/s1. The number of hydrogen-bond donors (Lipinski definition) is 1. The third-order valence-corrected chi connectivity index (χ3v) is 6.46. The molecule has 154 valence electrons. The summed E-state index contributed by atoms with van der Waals surface area (Å²) in [5.41, 5.74) is 1.44. The molecule has 1 amide bonds. The molecule has 1 saturated carbocycles. The van der Waals surface area contributed by atoms with Crippen molar-refractivity contribution in [1.29, 1.82) is 0 Å². The lowest BCUT2D eigenvalue weighted by Gasteiger charge is -2.37. The van der Waals surface area contributed by atoms with Crippen molar-refractivity contribution in [2.75, 3.05) is 18.1 Å². The number of aromatic nitrogens is 3. The first-order chi connectivity index (χ1) is 14.6. The second kappa shape index (κ2) is 6.42. The highest BCUT2D eigenvalue weighted by molar-refractivity contribution is 6.00. The lowest BCUT2D eigenvalue weighted by molar-refractivity contribution is 0.0914. The number of rotatable bonds is 0. The largest absolute Gasteiger partial charge is 0.491 e. The van der Waals surface area contributed by atoms with Gasteiger partial charge in [0.2, 0.25) is 0 Å². The molecule has 2 fully saturated rings. The van der Waals surface area contributed by atoms with Crippen LogP contribution in [0.3, 0.4) is 0 Å². The Morgan fingerprint density at radius 3 is 3.00 bits per heavy atom. The Labute approximate surface area is 172 Å². The van der Waals surface area contributed by atoms with Gasteiger partial charge in [-0.15, -0.1) is 0 Å². The van der Waals surface area contributed by atoms with Crippen molar-refractivity contribution in [3.63, 3.8) is 0 Å². The van der Waals surface area contributed by atoms with Crippen molar-refractivity contribution in [2.45, 2.75) is 43.7 Å². The second-order valence-corrected chi connectivity index (χ2v) is 8.52. The quantitative estimate of drug-likeness (QED) is 0.619. The fourth-order valence-corrected chi connectivity index (χ4v) is 4.60. The van der Waals surface area contributed by atoms with E-state index in [-0.39, 0.29) is 17.8 Å². The minimum atomic E-state index is -0.394. The van der Waals surface area contributed by atoms with Crippen LogP contribution in [-0.2, 0) is 0 Å². The van der Waals surface area contributed by atoms with Gasteiger partial charge in [0.15, 0.2) is 5.65 Å². The van der Waals surface area contributed by atoms with E-state index in [0.29, 0.717) is 23.6 Å². The molecular weight excluding hydrogens is 385 g/mol. The van der Waals surface area contributed by atoms with E-state index in [0.717, 1.165) is 50.0 Å². The summed E-state index contributed by atoms with van der Waals surface area (Å²) in [4.78, 5) is 20.0. The molecule has 7 nitrogen and oxygen atoms in total. The first-order valence-corrected chi connectivity index (χ1v) is 10.5. The van der Waals surface area contributed by atoms with Crippen LogP contribution in [-0.4, -0.2) is 39.2 Å². The van der Waals surface area contributed by atoms with Gasteiger partial charge < -0.3 is 15.0 Å². The average Bonchev–Trinajstić information content (AvgIpc) is 3.38. The molecule has 1 atom stereocenters. The van der Waals surface area contributed by atoms with Crippen molar-refractivity contribution in [1.82, 2.24) is 19.9 Å². The molecule has 0 unspecified atom stereocenters. The highest BCUT2D eigenvalue weighted by Gasteiger charge is 2.46. The summed E-state index contributed by atoms with van der Waals surface area (Å²) in [5, 5.41) is 7.42. The van der Waals surface area contributed by atoms with E-state index in [4.69, 9.17) is 9.72 Å². The van der Waals surface area contributed by atoms with Crippen molar-refractivity contribution >= 4 is 17.4 Å². The van der Waals surface area contributed by atoms with Gasteiger partial charge in [-0.05, 0) is 56.4 Å². The minimum Gasteiger partial charge on any atom is -0.491 e. The molecule has 1 N–H and O–H groups in total. The molecular formula is C22H22FN5O2. The summed E-state index contributed by atoms with van der Waals surface area (Å²) in [5.74, 6) is 0.974. The van der Waals surface area contributed by atoms with Gasteiger partial charge in [0, 0.05) is 18.3 Å². The highest BCUT2D eigenvalue weighted by Crippen LogP contribution is 2.41. The number of piperidine rings is 1. The number of hydrogen-bond acceptors (Lipinski definition) is 5. The maximum absolute atomic E-state index is 14.3. The monoisotopic (exact) mass is 407 g/mol. The van der Waals surface area contributed by atoms with Crippen LogP contribution in [0.1, 0.15) is 54.1 Å². The topological polar surface area (TPSA) is 71.8 Å². The molecule has 6 rings (SSSR count). The number of carbonyl (C=O) groups is 1. The Kier molecular flexibility index (Phi) is 3.78. The van der Waals surface area contributed by atoms with Gasteiger partial charge in [0.25, 0.3) is 5.91 Å². The normalized spacial score (nSPS) is 22.4. The van der Waals surface area contributed by atoms with Gasteiger partial charge in [-0.2, -0.15) is 5.10 Å². The van der Waals surface area contributed by atoms with Crippen LogP contribution < -0.4 is 15.0 Å². The van der Waals surface area contributed by atoms with Crippen molar-refractivity contribution in [2.24, 2.45) is 0 Å². The van der Waals surface area contributed by atoms with Gasteiger partial charge >= 0.3 is 0 Å². The zero-order chi connectivity index (χ0) is 20.3. The van der Waals surface area contributed by atoms with Crippen LogP contribution in [0.15, 0.2) is 36.7 Å². The number of halogens is 1. The number of fused-ring (bicyclic) bond motifs is 5. The number of benzene rings is 1. The molecule has 8 heteroatoms. The maximum atomic E-state index is 14.3. The average molecular weight is 407 g/mol. The van der Waals surface area contributed by atoms with E-state index < -0.39 is 5.54 Å². The molecule has 1 aromatic carbocycles. The number of nitrogens with zero attached hydrogens (tertiary/aromatic N) is 4. The van der Waals surface area contributed by atoms with Crippen LogP contribution in [0, 0.1) is 5.82 Å². The van der Waals surface area contributed by atoms with Crippen LogP contribution in [0.5, 0.6) is 5.75 Å². The number of nitrogens with one attached hydrogen (secondary N) is 1. The summed E-state index contributed by atoms with van der Waals surface area (Å²) >= 11 is 0. The SMILES string of the molecule is O=C1NC2(CC2)COc2ccc(F)cc2[C@H]2CCCCN2c2ccn3ncc1c3n2. The van der Waals surface area contributed by atoms with E-state index >= 15 is 0 Å². The molecule has 1 spiro atoms. The van der Waals surface area contributed by atoms with E-state index in [2.05, 4.69) is 15.3 Å². The van der Waals surface area contributed by atoms with Gasteiger partial charge in [-0.3, -0.25) is 4.79 Å². The molecule has 4 heterocycles. The van der Waals surface area contributed by atoms with Gasteiger partial charge in [-0.1, -0.05) is 0 Å². The smallest absolute Gasteiger partial charge is 0.257 e. The molecule has 2 bridgehead atoms. The zero-order valence-corrected chi connectivity index (χ0v) is 16.5. The Balaban J connectivity index is 1.54. The predicted octanol–water partition coefficient (Wildman–Crippen LogP) is 3.25. The first kappa shape index (κ1) is 17.7. The van der Waals surface area contributed by atoms with E-state index in [1.54, 1.807) is 22.8 Å².